The topological polar surface area (TPSA) is 15.3 Å². The van der Waals surface area contributed by atoms with Crippen LogP contribution in [-0.2, 0) is 0 Å². The Morgan fingerprint density at radius 3 is 2.72 bits per heavy atom. The van der Waals surface area contributed by atoms with E-state index in [9.17, 15) is 4.39 Å². The Hall–Kier alpha value is -0.610. The molecule has 18 heavy (non-hydrogen) atoms. The molecule has 1 heterocycles. The summed E-state index contributed by atoms with van der Waals surface area (Å²) >= 11 is 3.27. The maximum Gasteiger partial charge on any atom is 0.147 e. The van der Waals surface area contributed by atoms with Crippen molar-refractivity contribution in [3.63, 3.8) is 0 Å². The van der Waals surface area contributed by atoms with E-state index in [-0.39, 0.29) is 5.82 Å². The Labute approximate surface area is 117 Å². The van der Waals surface area contributed by atoms with Gasteiger partial charge in [0, 0.05) is 23.6 Å². The first-order valence-electron chi connectivity index (χ1n) is 6.63. The minimum Gasteiger partial charge on any atom is -0.380 e. The van der Waals surface area contributed by atoms with Gasteiger partial charge in [-0.05, 0) is 44.0 Å². The lowest BCUT2D eigenvalue weighted by atomic mass is 10.0. The van der Waals surface area contributed by atoms with Gasteiger partial charge in [-0.1, -0.05) is 22.9 Å². The number of halogens is 2. The third-order valence-corrected chi connectivity index (χ3v) is 3.91. The Kier molecular flexibility index (Phi) is 5.01. The standard InChI is InChI=1S/C14H20BrFN2/c1-2-7-18-8-5-12(6-9-18)17-14-4-3-11(15)10-13(14)16/h3-4,10,12,17H,2,5-9H2,1H3. The summed E-state index contributed by atoms with van der Waals surface area (Å²) in [5.41, 5.74) is 0.618. The van der Waals surface area contributed by atoms with Gasteiger partial charge in [0.1, 0.15) is 5.82 Å². The van der Waals surface area contributed by atoms with E-state index in [1.807, 2.05) is 6.07 Å². The first-order chi connectivity index (χ1) is 8.69. The van der Waals surface area contributed by atoms with Gasteiger partial charge in [-0.3, -0.25) is 0 Å². The lowest BCUT2D eigenvalue weighted by molar-refractivity contribution is 0.219. The molecule has 0 spiro atoms. The van der Waals surface area contributed by atoms with E-state index < -0.39 is 0 Å². The molecular formula is C14H20BrFN2. The molecule has 2 rings (SSSR count). The zero-order valence-corrected chi connectivity index (χ0v) is 12.3. The maximum absolute atomic E-state index is 13.7. The lowest BCUT2D eigenvalue weighted by Gasteiger charge is -2.32. The molecule has 0 radical (unpaired) electrons. The summed E-state index contributed by atoms with van der Waals surface area (Å²) in [6.45, 7) is 5.62. The molecule has 1 aliphatic rings. The van der Waals surface area contributed by atoms with E-state index >= 15 is 0 Å². The third kappa shape index (κ3) is 3.69. The summed E-state index contributed by atoms with van der Waals surface area (Å²) in [5.74, 6) is -0.180. The van der Waals surface area contributed by atoms with Crippen molar-refractivity contribution in [2.75, 3.05) is 25.0 Å². The SMILES string of the molecule is CCCN1CCC(Nc2ccc(Br)cc2F)CC1. The number of piperidine rings is 1. The number of hydrogen-bond donors (Lipinski definition) is 1. The fourth-order valence-electron chi connectivity index (χ4n) is 2.44. The van der Waals surface area contributed by atoms with Crippen LogP contribution in [0.3, 0.4) is 0 Å². The summed E-state index contributed by atoms with van der Waals surface area (Å²) < 4.78 is 14.5. The predicted octanol–water partition coefficient (Wildman–Crippen LogP) is 3.87. The molecule has 1 N–H and O–H groups in total. The largest absolute Gasteiger partial charge is 0.380 e. The highest BCUT2D eigenvalue weighted by atomic mass is 79.9. The highest BCUT2D eigenvalue weighted by molar-refractivity contribution is 9.10. The zero-order valence-electron chi connectivity index (χ0n) is 10.8. The van der Waals surface area contributed by atoms with Gasteiger partial charge in [-0.2, -0.15) is 0 Å². The van der Waals surface area contributed by atoms with E-state index in [0.717, 1.165) is 30.4 Å². The van der Waals surface area contributed by atoms with Crippen LogP contribution in [-0.4, -0.2) is 30.6 Å². The highest BCUT2D eigenvalue weighted by Gasteiger charge is 2.19. The van der Waals surface area contributed by atoms with Crippen LogP contribution in [0.15, 0.2) is 22.7 Å². The van der Waals surface area contributed by atoms with Crippen LogP contribution in [0.1, 0.15) is 26.2 Å². The van der Waals surface area contributed by atoms with Gasteiger partial charge < -0.3 is 10.2 Å². The fourth-order valence-corrected chi connectivity index (χ4v) is 2.78. The Balaban J connectivity index is 1.87. The maximum atomic E-state index is 13.7. The van der Waals surface area contributed by atoms with Crippen LogP contribution in [0.2, 0.25) is 0 Å². The average molecular weight is 315 g/mol. The van der Waals surface area contributed by atoms with Crippen molar-refractivity contribution in [1.29, 1.82) is 0 Å². The second-order valence-corrected chi connectivity index (χ2v) is 5.80. The van der Waals surface area contributed by atoms with Gasteiger partial charge in [0.25, 0.3) is 0 Å². The number of likely N-dealkylation sites (tertiary alicyclic amines) is 1. The second kappa shape index (κ2) is 6.53. The summed E-state index contributed by atoms with van der Waals surface area (Å²) in [6.07, 6.45) is 3.39. The van der Waals surface area contributed by atoms with Crippen molar-refractivity contribution in [3.05, 3.63) is 28.5 Å². The molecule has 0 unspecified atom stereocenters. The molecule has 0 bridgehead atoms. The van der Waals surface area contributed by atoms with Crippen molar-refractivity contribution in [1.82, 2.24) is 4.90 Å². The molecule has 1 aliphatic heterocycles. The van der Waals surface area contributed by atoms with Gasteiger partial charge >= 0.3 is 0 Å². The molecule has 1 aromatic rings. The third-order valence-electron chi connectivity index (χ3n) is 3.42. The van der Waals surface area contributed by atoms with Crippen molar-refractivity contribution in [3.8, 4) is 0 Å². The Morgan fingerprint density at radius 1 is 1.39 bits per heavy atom. The fraction of sp³-hybridized carbons (Fsp3) is 0.571. The van der Waals surface area contributed by atoms with Crippen molar-refractivity contribution < 1.29 is 4.39 Å². The number of anilines is 1. The van der Waals surface area contributed by atoms with Gasteiger partial charge in [0.2, 0.25) is 0 Å². The lowest BCUT2D eigenvalue weighted by Crippen LogP contribution is -2.39. The molecular weight excluding hydrogens is 295 g/mol. The molecule has 100 valence electrons. The van der Waals surface area contributed by atoms with E-state index in [2.05, 4.69) is 33.1 Å². The van der Waals surface area contributed by atoms with Crippen LogP contribution in [0.5, 0.6) is 0 Å². The minimum absolute atomic E-state index is 0.180. The average Bonchev–Trinajstić information content (AvgIpc) is 2.35. The van der Waals surface area contributed by atoms with Crippen LogP contribution in [0, 0.1) is 5.82 Å². The minimum atomic E-state index is -0.180. The smallest absolute Gasteiger partial charge is 0.147 e. The number of hydrogen-bond acceptors (Lipinski definition) is 2. The first kappa shape index (κ1) is 13.8. The number of nitrogens with zero attached hydrogens (tertiary/aromatic N) is 1. The van der Waals surface area contributed by atoms with Crippen LogP contribution in [0.25, 0.3) is 0 Å². The predicted molar refractivity (Wildman–Crippen MR) is 77.5 cm³/mol. The monoisotopic (exact) mass is 314 g/mol. The zero-order chi connectivity index (χ0) is 13.0. The van der Waals surface area contributed by atoms with E-state index in [0.29, 0.717) is 11.7 Å². The summed E-state index contributed by atoms with van der Waals surface area (Å²) in [6, 6.07) is 5.58. The Morgan fingerprint density at radius 2 is 2.11 bits per heavy atom. The summed E-state index contributed by atoms with van der Waals surface area (Å²) in [7, 11) is 0. The molecule has 0 saturated carbocycles. The molecule has 1 aromatic carbocycles. The quantitative estimate of drug-likeness (QED) is 0.907. The van der Waals surface area contributed by atoms with Gasteiger partial charge in [0.05, 0.1) is 5.69 Å². The normalized spacial score (nSPS) is 17.9. The van der Waals surface area contributed by atoms with Crippen LogP contribution < -0.4 is 5.32 Å². The second-order valence-electron chi connectivity index (χ2n) is 4.88. The van der Waals surface area contributed by atoms with Crippen molar-refractivity contribution in [2.24, 2.45) is 0 Å². The highest BCUT2D eigenvalue weighted by Crippen LogP contribution is 2.22. The molecule has 0 amide bonds. The first-order valence-corrected chi connectivity index (χ1v) is 7.42. The van der Waals surface area contributed by atoms with Crippen LogP contribution >= 0.6 is 15.9 Å². The number of rotatable bonds is 4. The van der Waals surface area contributed by atoms with E-state index in [4.69, 9.17) is 0 Å². The molecule has 0 aromatic heterocycles. The van der Waals surface area contributed by atoms with Gasteiger partial charge in [0.15, 0.2) is 0 Å². The van der Waals surface area contributed by atoms with Gasteiger partial charge in [-0.15, -0.1) is 0 Å². The van der Waals surface area contributed by atoms with E-state index in [1.165, 1.54) is 19.0 Å². The molecule has 0 atom stereocenters. The number of benzene rings is 1. The summed E-state index contributed by atoms with van der Waals surface area (Å²) in [5, 5.41) is 3.32. The molecule has 1 fully saturated rings. The van der Waals surface area contributed by atoms with Crippen molar-refractivity contribution >= 4 is 21.6 Å². The Bertz CT molecular complexity index is 389. The van der Waals surface area contributed by atoms with E-state index in [1.54, 1.807) is 6.07 Å². The van der Waals surface area contributed by atoms with Gasteiger partial charge in [-0.25, -0.2) is 4.39 Å². The molecule has 1 saturated heterocycles. The number of nitrogens with one attached hydrogen (secondary N) is 1. The molecule has 0 aliphatic carbocycles. The van der Waals surface area contributed by atoms with Crippen molar-refractivity contribution in [2.45, 2.75) is 32.2 Å². The molecule has 2 nitrogen and oxygen atoms in total. The summed E-state index contributed by atoms with van der Waals surface area (Å²) in [4.78, 5) is 2.48. The van der Waals surface area contributed by atoms with Crippen LogP contribution in [0.4, 0.5) is 10.1 Å². The molecule has 4 heteroatoms.